The first-order chi connectivity index (χ1) is 12.3. The number of thiazole rings is 1. The molecule has 0 radical (unpaired) electrons. The summed E-state index contributed by atoms with van der Waals surface area (Å²) in [6.07, 6.45) is 6.16. The molecular formula is C18H19N5S2. The predicted molar refractivity (Wildman–Crippen MR) is 104 cm³/mol. The minimum atomic E-state index is 0.542. The van der Waals surface area contributed by atoms with Crippen LogP contribution in [0.4, 0.5) is 5.69 Å². The van der Waals surface area contributed by atoms with Gasteiger partial charge in [-0.25, -0.2) is 4.98 Å². The minimum Gasteiger partial charge on any atom is -0.358 e. The van der Waals surface area contributed by atoms with Crippen LogP contribution in [-0.2, 0) is 0 Å². The van der Waals surface area contributed by atoms with Crippen LogP contribution in [0.25, 0.3) is 10.9 Å². The summed E-state index contributed by atoms with van der Waals surface area (Å²) >= 11 is 3.34. The lowest BCUT2D eigenvalue weighted by Crippen LogP contribution is -2.28. The van der Waals surface area contributed by atoms with Crippen molar-refractivity contribution in [2.24, 2.45) is 0 Å². The average molecular weight is 370 g/mol. The second kappa shape index (κ2) is 7.08. The van der Waals surface area contributed by atoms with Gasteiger partial charge in [0.05, 0.1) is 28.0 Å². The monoisotopic (exact) mass is 369 g/mol. The summed E-state index contributed by atoms with van der Waals surface area (Å²) in [6, 6.07) is 6.35. The van der Waals surface area contributed by atoms with E-state index in [1.165, 1.54) is 17.8 Å². The molecule has 3 aromatic rings. The fourth-order valence-corrected chi connectivity index (χ4v) is 5.09. The number of piperidine rings is 1. The van der Waals surface area contributed by atoms with Crippen molar-refractivity contribution in [3.63, 3.8) is 0 Å². The minimum absolute atomic E-state index is 0.542. The Kier molecular flexibility index (Phi) is 4.66. The molecule has 3 heterocycles. The fourth-order valence-electron chi connectivity index (χ4n) is 3.27. The number of nitrogens with zero attached hydrogens (tertiary/aromatic N) is 2. The Bertz CT molecular complexity index is 931. The molecule has 0 amide bonds. The molecule has 0 spiro atoms. The zero-order chi connectivity index (χ0) is 17.2. The van der Waals surface area contributed by atoms with Gasteiger partial charge < -0.3 is 15.0 Å². The summed E-state index contributed by atoms with van der Waals surface area (Å²) in [4.78, 5) is 7.84. The Morgan fingerprint density at radius 1 is 1.44 bits per heavy atom. The quantitative estimate of drug-likeness (QED) is 0.595. The van der Waals surface area contributed by atoms with Crippen molar-refractivity contribution in [3.8, 4) is 6.07 Å². The van der Waals surface area contributed by atoms with E-state index in [-0.39, 0.29) is 0 Å². The van der Waals surface area contributed by atoms with E-state index in [1.54, 1.807) is 29.5 Å². The summed E-state index contributed by atoms with van der Waals surface area (Å²) in [7, 11) is 0. The van der Waals surface area contributed by atoms with Crippen LogP contribution in [0.3, 0.4) is 0 Å². The van der Waals surface area contributed by atoms with E-state index >= 15 is 0 Å². The highest BCUT2D eigenvalue weighted by atomic mass is 32.2. The van der Waals surface area contributed by atoms with E-state index in [0.29, 0.717) is 11.5 Å². The number of anilines is 1. The summed E-state index contributed by atoms with van der Waals surface area (Å²) in [5, 5.41) is 14.9. The second-order valence-corrected chi connectivity index (χ2v) is 8.43. The molecule has 128 valence electrons. The van der Waals surface area contributed by atoms with Gasteiger partial charge in [-0.05, 0) is 49.9 Å². The fraction of sp³-hybridized carbons (Fsp3) is 0.333. The van der Waals surface area contributed by atoms with Crippen molar-refractivity contribution in [2.75, 3.05) is 17.8 Å². The summed E-state index contributed by atoms with van der Waals surface area (Å²) in [6.45, 7) is 4.18. The van der Waals surface area contributed by atoms with Crippen molar-refractivity contribution in [3.05, 3.63) is 40.7 Å². The first kappa shape index (κ1) is 16.5. The maximum Gasteiger partial charge on any atom is 0.101 e. The van der Waals surface area contributed by atoms with Crippen LogP contribution >= 0.6 is 23.3 Å². The molecule has 25 heavy (non-hydrogen) atoms. The molecule has 7 heteroatoms. The van der Waals surface area contributed by atoms with Gasteiger partial charge in [0.1, 0.15) is 10.3 Å². The molecule has 0 bridgehead atoms. The van der Waals surface area contributed by atoms with Gasteiger partial charge >= 0.3 is 0 Å². The number of rotatable bonds is 4. The Morgan fingerprint density at radius 3 is 3.16 bits per heavy atom. The Morgan fingerprint density at radius 2 is 2.36 bits per heavy atom. The van der Waals surface area contributed by atoms with Crippen LogP contribution < -0.4 is 10.0 Å². The molecule has 0 saturated carbocycles. The molecule has 1 aliphatic heterocycles. The van der Waals surface area contributed by atoms with E-state index in [9.17, 15) is 5.26 Å². The zero-order valence-electron chi connectivity index (χ0n) is 13.9. The van der Waals surface area contributed by atoms with Crippen molar-refractivity contribution < 1.29 is 0 Å². The smallest absolute Gasteiger partial charge is 0.101 e. The number of benzene rings is 1. The SMILES string of the molecule is Cc1ccc(NSc2cnc(C3CCCNC3)s2)c2[nH]cc(C#N)c12. The molecule has 1 fully saturated rings. The van der Waals surface area contributed by atoms with Crippen molar-refractivity contribution in [1.82, 2.24) is 15.3 Å². The molecule has 0 aliphatic carbocycles. The first-order valence-corrected chi connectivity index (χ1v) is 9.99. The van der Waals surface area contributed by atoms with Gasteiger partial charge in [0, 0.05) is 24.0 Å². The van der Waals surface area contributed by atoms with Gasteiger partial charge in [0.2, 0.25) is 0 Å². The molecule has 3 N–H and O–H groups in total. The van der Waals surface area contributed by atoms with Gasteiger partial charge in [-0.3, -0.25) is 0 Å². The summed E-state index contributed by atoms with van der Waals surface area (Å²) < 4.78 is 4.57. The number of hydrogen-bond acceptors (Lipinski definition) is 6. The molecule has 1 saturated heterocycles. The number of aryl methyl sites for hydroxylation is 1. The Hall–Kier alpha value is -2.01. The molecule has 4 rings (SSSR count). The molecule has 5 nitrogen and oxygen atoms in total. The van der Waals surface area contributed by atoms with Gasteiger partial charge in [-0.2, -0.15) is 5.26 Å². The molecular weight excluding hydrogens is 350 g/mol. The van der Waals surface area contributed by atoms with Crippen LogP contribution in [0.5, 0.6) is 0 Å². The van der Waals surface area contributed by atoms with E-state index in [1.807, 2.05) is 19.2 Å². The number of hydrogen-bond donors (Lipinski definition) is 3. The number of H-pyrrole nitrogens is 1. The van der Waals surface area contributed by atoms with Crippen molar-refractivity contribution in [1.29, 1.82) is 5.26 Å². The van der Waals surface area contributed by atoms with Gasteiger partial charge in [-0.15, -0.1) is 11.3 Å². The maximum absolute atomic E-state index is 9.27. The third-order valence-electron chi connectivity index (χ3n) is 4.57. The number of aromatic nitrogens is 2. The van der Waals surface area contributed by atoms with E-state index in [0.717, 1.165) is 39.5 Å². The molecule has 1 unspecified atom stereocenters. The van der Waals surface area contributed by atoms with Crippen molar-refractivity contribution >= 4 is 39.9 Å². The number of nitriles is 1. The molecule has 2 aromatic heterocycles. The average Bonchev–Trinajstić information content (AvgIpc) is 3.29. The lowest BCUT2D eigenvalue weighted by molar-refractivity contribution is 0.460. The topological polar surface area (TPSA) is 76.5 Å². The highest BCUT2D eigenvalue weighted by molar-refractivity contribution is 8.02. The van der Waals surface area contributed by atoms with Crippen LogP contribution in [0.15, 0.2) is 28.7 Å². The molecule has 1 aliphatic rings. The normalized spacial score (nSPS) is 17.5. The third-order valence-corrected chi connectivity index (χ3v) is 6.66. The predicted octanol–water partition coefficient (Wildman–Crippen LogP) is 4.39. The molecule has 1 aromatic carbocycles. The zero-order valence-corrected chi connectivity index (χ0v) is 15.6. The first-order valence-electron chi connectivity index (χ1n) is 8.36. The third kappa shape index (κ3) is 3.25. The van der Waals surface area contributed by atoms with Crippen LogP contribution in [0.1, 0.15) is 34.9 Å². The number of aromatic amines is 1. The van der Waals surface area contributed by atoms with Crippen molar-refractivity contribution in [2.45, 2.75) is 29.9 Å². The Labute approximate surface area is 155 Å². The van der Waals surface area contributed by atoms with E-state index < -0.39 is 0 Å². The summed E-state index contributed by atoms with van der Waals surface area (Å²) in [5.74, 6) is 0.542. The standard InChI is InChI=1S/C18H19N5S2/c1-11-4-5-14(17-16(11)13(7-19)9-21-17)23-25-15-10-22-18(24-15)12-3-2-6-20-8-12/h4-5,9-10,12,20-21,23H,2-3,6,8H2,1H3. The van der Waals surface area contributed by atoms with Gasteiger partial charge in [0.15, 0.2) is 0 Å². The maximum atomic E-state index is 9.27. The highest BCUT2D eigenvalue weighted by Crippen LogP contribution is 2.35. The Balaban J connectivity index is 1.51. The lowest BCUT2D eigenvalue weighted by Gasteiger charge is -2.20. The van der Waals surface area contributed by atoms with E-state index in [4.69, 9.17) is 0 Å². The number of nitrogens with one attached hydrogen (secondary N) is 3. The van der Waals surface area contributed by atoms with Crippen LogP contribution in [0, 0.1) is 18.3 Å². The van der Waals surface area contributed by atoms with E-state index in [2.05, 4.69) is 32.1 Å². The van der Waals surface area contributed by atoms with Gasteiger partial charge in [0.25, 0.3) is 0 Å². The van der Waals surface area contributed by atoms with Crippen LogP contribution in [0.2, 0.25) is 0 Å². The summed E-state index contributed by atoms with van der Waals surface area (Å²) in [5.41, 5.74) is 3.76. The van der Waals surface area contributed by atoms with Gasteiger partial charge in [-0.1, -0.05) is 6.07 Å². The van der Waals surface area contributed by atoms with Crippen LogP contribution in [-0.4, -0.2) is 23.1 Å². The lowest BCUT2D eigenvalue weighted by atomic mass is 10.0. The number of fused-ring (bicyclic) bond motifs is 1. The highest BCUT2D eigenvalue weighted by Gasteiger charge is 2.18. The molecule has 1 atom stereocenters. The second-order valence-electron chi connectivity index (χ2n) is 6.26. The largest absolute Gasteiger partial charge is 0.358 e.